The fourth-order valence-corrected chi connectivity index (χ4v) is 3.13. The van der Waals surface area contributed by atoms with E-state index < -0.39 is 0 Å². The van der Waals surface area contributed by atoms with Crippen molar-refractivity contribution in [2.45, 2.75) is 13.2 Å². The summed E-state index contributed by atoms with van der Waals surface area (Å²) in [6.45, 7) is 1.82. The Balaban J connectivity index is 1.35. The van der Waals surface area contributed by atoms with Gasteiger partial charge in [0, 0.05) is 12.1 Å². The van der Waals surface area contributed by atoms with Crippen LogP contribution in [0.4, 0.5) is 0 Å². The molecule has 0 atom stereocenters. The van der Waals surface area contributed by atoms with Crippen molar-refractivity contribution in [2.75, 3.05) is 20.3 Å². The molecule has 0 aromatic heterocycles. The van der Waals surface area contributed by atoms with Crippen molar-refractivity contribution < 1.29 is 23.7 Å². The minimum atomic E-state index is -0.213. The zero-order valence-electron chi connectivity index (χ0n) is 16.7. The number of amides is 1. The number of carbonyl (C=O) groups excluding carboxylic acids is 1. The van der Waals surface area contributed by atoms with Crippen molar-refractivity contribution in [2.24, 2.45) is 0 Å². The standard InChI is InChI=1S/C24H23NO5/c1-27-21-13-19(14-22-23(21)29-12-11-28-22)24(26)25-15-17-7-9-20(10-8-17)30-16-18-5-3-2-4-6-18/h2-10,13-14H,11-12,15-16H2,1H3,(H,25,26). The molecule has 0 spiro atoms. The van der Waals surface area contributed by atoms with Crippen molar-refractivity contribution in [3.8, 4) is 23.0 Å². The second kappa shape index (κ2) is 9.22. The van der Waals surface area contributed by atoms with Gasteiger partial charge in [-0.25, -0.2) is 0 Å². The number of nitrogens with one attached hydrogen (secondary N) is 1. The van der Waals surface area contributed by atoms with Crippen molar-refractivity contribution >= 4 is 5.91 Å². The van der Waals surface area contributed by atoms with Gasteiger partial charge in [-0.05, 0) is 35.4 Å². The van der Waals surface area contributed by atoms with Crippen molar-refractivity contribution in [1.82, 2.24) is 5.32 Å². The highest BCUT2D eigenvalue weighted by molar-refractivity contribution is 5.95. The lowest BCUT2D eigenvalue weighted by Gasteiger charge is -2.21. The Bertz CT molecular complexity index is 985. The third kappa shape index (κ3) is 4.66. The summed E-state index contributed by atoms with van der Waals surface area (Å²) in [5.74, 6) is 2.11. The van der Waals surface area contributed by atoms with E-state index >= 15 is 0 Å². The summed E-state index contributed by atoms with van der Waals surface area (Å²) in [5, 5.41) is 2.92. The largest absolute Gasteiger partial charge is 0.493 e. The molecule has 1 heterocycles. The number of ether oxygens (including phenoxy) is 4. The summed E-state index contributed by atoms with van der Waals surface area (Å²) in [5.41, 5.74) is 2.54. The van der Waals surface area contributed by atoms with Gasteiger partial charge in [0.15, 0.2) is 11.5 Å². The van der Waals surface area contributed by atoms with E-state index in [9.17, 15) is 4.79 Å². The van der Waals surface area contributed by atoms with Crippen LogP contribution in [0, 0.1) is 0 Å². The molecule has 3 aromatic carbocycles. The maximum absolute atomic E-state index is 12.6. The van der Waals surface area contributed by atoms with Gasteiger partial charge in [0.1, 0.15) is 25.6 Å². The summed E-state index contributed by atoms with van der Waals surface area (Å²) >= 11 is 0. The van der Waals surface area contributed by atoms with Gasteiger partial charge < -0.3 is 24.3 Å². The van der Waals surface area contributed by atoms with Gasteiger partial charge in [-0.1, -0.05) is 42.5 Å². The second-order valence-corrected chi connectivity index (χ2v) is 6.80. The smallest absolute Gasteiger partial charge is 0.251 e. The molecule has 154 valence electrons. The molecule has 0 radical (unpaired) electrons. The predicted molar refractivity (Wildman–Crippen MR) is 112 cm³/mol. The minimum absolute atomic E-state index is 0.213. The zero-order chi connectivity index (χ0) is 20.8. The first-order valence-corrected chi connectivity index (χ1v) is 9.74. The topological polar surface area (TPSA) is 66.0 Å². The van der Waals surface area contributed by atoms with Crippen molar-refractivity contribution in [3.05, 3.63) is 83.4 Å². The van der Waals surface area contributed by atoms with Crippen LogP contribution in [-0.4, -0.2) is 26.2 Å². The number of carbonyl (C=O) groups is 1. The monoisotopic (exact) mass is 405 g/mol. The number of benzene rings is 3. The van der Waals surface area contributed by atoms with E-state index in [1.165, 1.54) is 7.11 Å². The number of rotatable bonds is 7. The Morgan fingerprint density at radius 3 is 2.50 bits per heavy atom. The molecule has 3 aromatic rings. The lowest BCUT2D eigenvalue weighted by atomic mass is 10.1. The second-order valence-electron chi connectivity index (χ2n) is 6.80. The third-order valence-electron chi connectivity index (χ3n) is 4.71. The Hall–Kier alpha value is -3.67. The summed E-state index contributed by atoms with van der Waals surface area (Å²) in [6, 6.07) is 21.0. The molecule has 1 aliphatic heterocycles. The molecule has 0 saturated heterocycles. The van der Waals surface area contributed by atoms with E-state index in [-0.39, 0.29) is 5.91 Å². The maximum atomic E-state index is 12.6. The van der Waals surface area contributed by atoms with Crippen LogP contribution in [0.1, 0.15) is 21.5 Å². The summed E-state index contributed by atoms with van der Waals surface area (Å²) in [4.78, 5) is 12.6. The van der Waals surface area contributed by atoms with Gasteiger partial charge in [0.2, 0.25) is 5.75 Å². The average molecular weight is 405 g/mol. The molecule has 6 heteroatoms. The lowest BCUT2D eigenvalue weighted by Crippen LogP contribution is -2.23. The van der Waals surface area contributed by atoms with E-state index in [2.05, 4.69) is 5.32 Å². The Labute approximate surface area is 175 Å². The molecule has 0 bridgehead atoms. The van der Waals surface area contributed by atoms with Gasteiger partial charge in [-0.15, -0.1) is 0 Å². The van der Waals surface area contributed by atoms with Crippen LogP contribution in [0.3, 0.4) is 0 Å². The van der Waals surface area contributed by atoms with Crippen LogP contribution in [0.25, 0.3) is 0 Å². The fraction of sp³-hybridized carbons (Fsp3) is 0.208. The molecule has 30 heavy (non-hydrogen) atoms. The predicted octanol–water partition coefficient (Wildman–Crippen LogP) is 3.98. The van der Waals surface area contributed by atoms with Crippen LogP contribution in [-0.2, 0) is 13.2 Å². The SMILES string of the molecule is COc1cc(C(=O)NCc2ccc(OCc3ccccc3)cc2)cc2c1OCCO2. The van der Waals surface area contributed by atoms with Crippen LogP contribution in [0.2, 0.25) is 0 Å². The number of hydrogen-bond acceptors (Lipinski definition) is 5. The highest BCUT2D eigenvalue weighted by atomic mass is 16.6. The molecule has 0 saturated carbocycles. The highest BCUT2D eigenvalue weighted by Gasteiger charge is 2.20. The molecule has 0 aliphatic carbocycles. The first-order valence-electron chi connectivity index (χ1n) is 9.74. The fourth-order valence-electron chi connectivity index (χ4n) is 3.13. The lowest BCUT2D eigenvalue weighted by molar-refractivity contribution is 0.0949. The van der Waals surface area contributed by atoms with Crippen LogP contribution >= 0.6 is 0 Å². The average Bonchev–Trinajstić information content (AvgIpc) is 2.81. The molecular weight excluding hydrogens is 382 g/mol. The first-order chi connectivity index (χ1) is 14.7. The van der Waals surface area contributed by atoms with Gasteiger partial charge in [-0.3, -0.25) is 4.79 Å². The van der Waals surface area contributed by atoms with Crippen molar-refractivity contribution in [1.29, 1.82) is 0 Å². The summed E-state index contributed by atoms with van der Waals surface area (Å²) < 4.78 is 22.3. The molecule has 6 nitrogen and oxygen atoms in total. The first kappa shape index (κ1) is 19.6. The Morgan fingerprint density at radius 1 is 0.967 bits per heavy atom. The molecule has 0 unspecified atom stereocenters. The van der Waals surface area contributed by atoms with Crippen molar-refractivity contribution in [3.63, 3.8) is 0 Å². The van der Waals surface area contributed by atoms with Crippen LogP contribution in [0.15, 0.2) is 66.7 Å². The van der Waals surface area contributed by atoms with E-state index in [1.54, 1.807) is 12.1 Å². The van der Waals surface area contributed by atoms with Crippen LogP contribution in [0.5, 0.6) is 23.0 Å². The molecule has 0 fully saturated rings. The number of hydrogen-bond donors (Lipinski definition) is 1. The summed E-state index contributed by atoms with van der Waals surface area (Å²) in [7, 11) is 1.54. The van der Waals surface area contributed by atoms with E-state index in [0.29, 0.717) is 49.2 Å². The molecule has 1 amide bonds. The molecule has 1 N–H and O–H groups in total. The van der Waals surface area contributed by atoms with Gasteiger partial charge >= 0.3 is 0 Å². The molecule has 4 rings (SSSR count). The summed E-state index contributed by atoms with van der Waals surface area (Å²) in [6.07, 6.45) is 0. The van der Waals surface area contributed by atoms with E-state index in [4.69, 9.17) is 18.9 Å². The van der Waals surface area contributed by atoms with Gasteiger partial charge in [-0.2, -0.15) is 0 Å². The number of fused-ring (bicyclic) bond motifs is 1. The molecule has 1 aliphatic rings. The third-order valence-corrected chi connectivity index (χ3v) is 4.71. The normalized spacial score (nSPS) is 12.2. The quantitative estimate of drug-likeness (QED) is 0.644. The van der Waals surface area contributed by atoms with Crippen LogP contribution < -0.4 is 24.3 Å². The van der Waals surface area contributed by atoms with Gasteiger partial charge in [0.05, 0.1) is 7.11 Å². The minimum Gasteiger partial charge on any atom is -0.493 e. The maximum Gasteiger partial charge on any atom is 0.251 e. The Morgan fingerprint density at radius 2 is 1.73 bits per heavy atom. The number of methoxy groups -OCH3 is 1. The van der Waals surface area contributed by atoms with E-state index in [1.807, 2.05) is 54.6 Å². The molecular formula is C24H23NO5. The van der Waals surface area contributed by atoms with Gasteiger partial charge in [0.25, 0.3) is 5.91 Å². The highest BCUT2D eigenvalue weighted by Crippen LogP contribution is 2.40. The van der Waals surface area contributed by atoms with E-state index in [0.717, 1.165) is 16.9 Å². The zero-order valence-corrected chi connectivity index (χ0v) is 16.7. The Kier molecular flexibility index (Phi) is 6.03.